The van der Waals surface area contributed by atoms with Gasteiger partial charge in [0, 0.05) is 10.7 Å². The molecule has 5 rings (SSSR count). The summed E-state index contributed by atoms with van der Waals surface area (Å²) in [5, 5.41) is 4.32. The van der Waals surface area contributed by atoms with E-state index in [9.17, 15) is 9.59 Å². The summed E-state index contributed by atoms with van der Waals surface area (Å²) < 4.78 is 8.54. The van der Waals surface area contributed by atoms with E-state index in [1.54, 1.807) is 17.1 Å². The number of benzene rings is 1. The predicted octanol–water partition coefficient (Wildman–Crippen LogP) is 2.36. The molecule has 25 heavy (non-hydrogen) atoms. The summed E-state index contributed by atoms with van der Waals surface area (Å²) in [5.74, 6) is -0.877. The molecule has 128 valence electrons. The van der Waals surface area contributed by atoms with Crippen LogP contribution in [0, 0.1) is 11.8 Å². The minimum Gasteiger partial charge on any atom is -0.373 e. The van der Waals surface area contributed by atoms with E-state index < -0.39 is 0 Å². The van der Waals surface area contributed by atoms with Crippen molar-refractivity contribution in [1.29, 1.82) is 0 Å². The Morgan fingerprint density at radius 1 is 1.08 bits per heavy atom. The molecule has 4 atom stereocenters. The molecule has 0 aliphatic carbocycles. The highest BCUT2D eigenvalue weighted by molar-refractivity contribution is 9.10. The predicted molar refractivity (Wildman–Crippen MR) is 92.8 cm³/mol. The van der Waals surface area contributed by atoms with Crippen molar-refractivity contribution in [1.82, 2.24) is 9.78 Å². The standard InChI is InChI=1S/C18H16BrN3O3/c19-11-3-1-10(2-4-11)8-21-9-12(7-20-21)22-17(23)15-13-5-6-14(25-13)16(15)18(22)24/h1-4,7,9,13-16H,5-6,8H2/t13-,14-,15-,16-/m1/s1. The molecule has 0 saturated carbocycles. The maximum absolute atomic E-state index is 12.8. The Kier molecular flexibility index (Phi) is 3.36. The topological polar surface area (TPSA) is 64.4 Å². The number of amides is 2. The Balaban J connectivity index is 1.39. The van der Waals surface area contributed by atoms with Crippen LogP contribution in [0.1, 0.15) is 18.4 Å². The Labute approximate surface area is 152 Å². The maximum atomic E-state index is 12.8. The van der Waals surface area contributed by atoms with Gasteiger partial charge in [-0.15, -0.1) is 0 Å². The van der Waals surface area contributed by atoms with Crippen LogP contribution in [0.15, 0.2) is 41.1 Å². The van der Waals surface area contributed by atoms with Crippen LogP contribution >= 0.6 is 15.9 Å². The van der Waals surface area contributed by atoms with Crippen molar-refractivity contribution < 1.29 is 14.3 Å². The monoisotopic (exact) mass is 401 g/mol. The molecule has 1 aromatic carbocycles. The van der Waals surface area contributed by atoms with E-state index in [2.05, 4.69) is 21.0 Å². The van der Waals surface area contributed by atoms with E-state index in [4.69, 9.17) is 4.74 Å². The summed E-state index contributed by atoms with van der Waals surface area (Å²) in [5.41, 5.74) is 1.65. The summed E-state index contributed by atoms with van der Waals surface area (Å²) >= 11 is 3.42. The Morgan fingerprint density at radius 3 is 2.36 bits per heavy atom. The molecule has 3 aliphatic rings. The number of anilines is 1. The quantitative estimate of drug-likeness (QED) is 0.740. The fourth-order valence-electron chi connectivity index (χ4n) is 4.30. The highest BCUT2D eigenvalue weighted by Gasteiger charge is 2.62. The average Bonchev–Trinajstić information content (AvgIpc) is 3.35. The zero-order chi connectivity index (χ0) is 17.1. The third-order valence-electron chi connectivity index (χ3n) is 5.42. The third kappa shape index (κ3) is 2.29. The SMILES string of the molecule is O=C1[C@H]2[C@H](C(=O)N1c1cnn(Cc3ccc(Br)cc3)c1)[C@H]1CC[C@H]2O1. The number of ether oxygens (including phenoxy) is 1. The van der Waals surface area contributed by atoms with Crippen LogP contribution in [0.2, 0.25) is 0 Å². The van der Waals surface area contributed by atoms with Crippen molar-refractivity contribution in [2.24, 2.45) is 11.8 Å². The van der Waals surface area contributed by atoms with Crippen molar-refractivity contribution in [3.8, 4) is 0 Å². The molecule has 2 aromatic rings. The molecule has 1 aromatic heterocycles. The van der Waals surface area contributed by atoms with Gasteiger partial charge < -0.3 is 4.74 Å². The molecule has 2 bridgehead atoms. The molecule has 7 heteroatoms. The molecular formula is C18H16BrN3O3. The normalized spacial score (nSPS) is 30.4. The number of nitrogens with zero attached hydrogens (tertiary/aromatic N) is 3. The summed E-state index contributed by atoms with van der Waals surface area (Å²) in [6.07, 6.45) is 4.94. The van der Waals surface area contributed by atoms with Gasteiger partial charge in [-0.2, -0.15) is 5.10 Å². The van der Waals surface area contributed by atoms with Gasteiger partial charge >= 0.3 is 0 Å². The van der Waals surface area contributed by atoms with Gasteiger partial charge in [-0.05, 0) is 30.5 Å². The van der Waals surface area contributed by atoms with Crippen molar-refractivity contribution in [2.75, 3.05) is 4.90 Å². The number of fused-ring (bicyclic) bond motifs is 5. The zero-order valence-corrected chi connectivity index (χ0v) is 14.9. The molecule has 3 aliphatic heterocycles. The third-order valence-corrected chi connectivity index (χ3v) is 5.95. The summed E-state index contributed by atoms with van der Waals surface area (Å²) in [7, 11) is 0. The lowest BCUT2D eigenvalue weighted by Crippen LogP contribution is -2.33. The average molecular weight is 402 g/mol. The van der Waals surface area contributed by atoms with Crippen LogP contribution in [-0.2, 0) is 20.9 Å². The molecule has 2 amide bonds. The Morgan fingerprint density at radius 2 is 1.72 bits per heavy atom. The second-order valence-corrected chi connectivity index (χ2v) is 7.79. The van der Waals surface area contributed by atoms with Gasteiger partial charge in [0.05, 0.1) is 42.5 Å². The number of carbonyl (C=O) groups excluding carboxylic acids is 2. The molecule has 0 unspecified atom stereocenters. The number of rotatable bonds is 3. The summed E-state index contributed by atoms with van der Waals surface area (Å²) in [6.45, 7) is 0.588. The van der Waals surface area contributed by atoms with Crippen LogP contribution < -0.4 is 4.90 Å². The lowest BCUT2D eigenvalue weighted by molar-refractivity contribution is -0.124. The largest absolute Gasteiger partial charge is 0.373 e. The smallest absolute Gasteiger partial charge is 0.240 e. The highest BCUT2D eigenvalue weighted by atomic mass is 79.9. The number of hydrogen-bond donors (Lipinski definition) is 0. The van der Waals surface area contributed by atoms with Crippen LogP contribution in [0.5, 0.6) is 0 Å². The fraction of sp³-hybridized carbons (Fsp3) is 0.389. The molecule has 3 saturated heterocycles. The van der Waals surface area contributed by atoms with Gasteiger partial charge in [0.2, 0.25) is 11.8 Å². The van der Waals surface area contributed by atoms with E-state index in [1.807, 2.05) is 24.3 Å². The van der Waals surface area contributed by atoms with Gasteiger partial charge in [0.25, 0.3) is 0 Å². The van der Waals surface area contributed by atoms with Gasteiger partial charge in [0.1, 0.15) is 0 Å². The van der Waals surface area contributed by atoms with Crippen LogP contribution in [0.3, 0.4) is 0 Å². The van der Waals surface area contributed by atoms with Gasteiger partial charge in [-0.25, -0.2) is 4.90 Å². The first-order chi connectivity index (χ1) is 12.1. The lowest BCUT2D eigenvalue weighted by atomic mass is 9.81. The summed E-state index contributed by atoms with van der Waals surface area (Å²) in [4.78, 5) is 26.9. The van der Waals surface area contributed by atoms with E-state index in [0.29, 0.717) is 12.2 Å². The molecule has 4 heterocycles. The lowest BCUT2D eigenvalue weighted by Gasteiger charge is -2.15. The molecular weight excluding hydrogens is 386 g/mol. The first kappa shape index (κ1) is 15.3. The second kappa shape index (κ2) is 5.51. The van der Waals surface area contributed by atoms with Gasteiger partial charge in [0.15, 0.2) is 0 Å². The van der Waals surface area contributed by atoms with E-state index in [0.717, 1.165) is 22.9 Å². The highest BCUT2D eigenvalue weighted by Crippen LogP contribution is 2.49. The van der Waals surface area contributed by atoms with Crippen LogP contribution in [-0.4, -0.2) is 33.8 Å². The molecule has 0 N–H and O–H groups in total. The van der Waals surface area contributed by atoms with Gasteiger partial charge in [-0.1, -0.05) is 28.1 Å². The van der Waals surface area contributed by atoms with Crippen molar-refractivity contribution in [3.05, 3.63) is 46.7 Å². The molecule has 3 fully saturated rings. The number of hydrogen-bond acceptors (Lipinski definition) is 4. The number of carbonyl (C=O) groups is 2. The number of aromatic nitrogens is 2. The van der Waals surface area contributed by atoms with Crippen molar-refractivity contribution in [2.45, 2.75) is 31.6 Å². The van der Waals surface area contributed by atoms with Crippen molar-refractivity contribution >= 4 is 33.4 Å². The number of halogens is 1. The Hall–Kier alpha value is -1.99. The first-order valence-electron chi connectivity index (χ1n) is 8.42. The van der Waals surface area contributed by atoms with E-state index in [-0.39, 0.29) is 35.9 Å². The van der Waals surface area contributed by atoms with Gasteiger partial charge in [-0.3, -0.25) is 14.3 Å². The minimum atomic E-state index is -0.305. The van der Waals surface area contributed by atoms with Crippen LogP contribution in [0.25, 0.3) is 0 Å². The van der Waals surface area contributed by atoms with E-state index in [1.165, 1.54) is 4.90 Å². The zero-order valence-electron chi connectivity index (χ0n) is 13.3. The Bertz CT molecular complexity index is 835. The fourth-order valence-corrected chi connectivity index (χ4v) is 4.56. The van der Waals surface area contributed by atoms with Crippen LogP contribution in [0.4, 0.5) is 5.69 Å². The number of imide groups is 1. The summed E-state index contributed by atoms with van der Waals surface area (Å²) in [6, 6.07) is 7.97. The molecule has 0 spiro atoms. The van der Waals surface area contributed by atoms with E-state index >= 15 is 0 Å². The molecule has 6 nitrogen and oxygen atoms in total. The first-order valence-corrected chi connectivity index (χ1v) is 9.21. The maximum Gasteiger partial charge on any atom is 0.240 e. The minimum absolute atomic E-state index is 0.0886. The second-order valence-electron chi connectivity index (χ2n) is 6.88. The molecule has 0 radical (unpaired) electrons. The van der Waals surface area contributed by atoms with Crippen molar-refractivity contribution in [3.63, 3.8) is 0 Å².